The molecule has 0 saturated heterocycles. The highest BCUT2D eigenvalue weighted by Gasteiger charge is 2.22. The van der Waals surface area contributed by atoms with Gasteiger partial charge in [0.2, 0.25) is 11.8 Å². The molecule has 2 aromatic rings. The van der Waals surface area contributed by atoms with Crippen molar-refractivity contribution in [1.82, 2.24) is 25.3 Å². The Hall–Kier alpha value is -3.07. The summed E-state index contributed by atoms with van der Waals surface area (Å²) in [6, 6.07) is 6.54. The molecule has 3 rings (SSSR count). The van der Waals surface area contributed by atoms with Crippen molar-refractivity contribution in [3.8, 4) is 5.75 Å². The Morgan fingerprint density at radius 3 is 2.78 bits per heavy atom. The summed E-state index contributed by atoms with van der Waals surface area (Å²) < 4.78 is 7.74. The van der Waals surface area contributed by atoms with E-state index in [1.165, 1.54) is 0 Å². The van der Waals surface area contributed by atoms with Crippen LogP contribution in [0.4, 0.5) is 0 Å². The third kappa shape index (κ3) is 8.26. The number of aromatic nitrogens is 2. The molecule has 0 radical (unpaired) electrons. The van der Waals surface area contributed by atoms with Crippen molar-refractivity contribution in [2.24, 2.45) is 13.0 Å². The molecule has 2 N–H and O–H groups in total. The third-order valence-electron chi connectivity index (χ3n) is 6.09. The maximum atomic E-state index is 13.0. The van der Waals surface area contributed by atoms with Crippen LogP contribution < -0.4 is 15.4 Å². The fourth-order valence-electron chi connectivity index (χ4n) is 4.24. The van der Waals surface area contributed by atoms with Crippen LogP contribution in [0, 0.1) is 5.92 Å². The molecule has 0 unspecified atom stereocenters. The number of nitrogens with zero attached hydrogens (tertiary/aromatic N) is 3. The molecular weight excluding hydrogens is 482 g/mol. The zero-order valence-corrected chi connectivity index (χ0v) is 22.0. The van der Waals surface area contributed by atoms with Crippen molar-refractivity contribution in [2.45, 2.75) is 52.0 Å². The largest absolute Gasteiger partial charge is 0.491 e. The maximum Gasteiger partial charge on any atom is 0.255 e. The number of amides is 3. The number of hydrogen-bond acceptors (Lipinski definition) is 5. The first-order chi connectivity index (χ1) is 17.2. The third-order valence-corrected chi connectivity index (χ3v) is 6.33. The van der Waals surface area contributed by atoms with Gasteiger partial charge in [0.25, 0.3) is 5.91 Å². The minimum atomic E-state index is -0.277. The molecule has 3 amide bonds. The van der Waals surface area contributed by atoms with E-state index >= 15 is 0 Å². The normalized spacial score (nSPS) is 17.9. The zero-order valence-electron chi connectivity index (χ0n) is 21.3. The van der Waals surface area contributed by atoms with Crippen molar-refractivity contribution in [2.75, 3.05) is 26.2 Å². The standard InChI is InChI=1S/C26H36ClN5O4/c1-18(2)14-20-17-36-23-8-6-19(27)15-22(23)26(35)28-11-4-5-13-32(16-24(33)30-20)25(34)9-7-21-10-12-29-31(21)3/h6,8,10,12,15,18,20H,4-5,7,9,11,13-14,16-17H2,1-3H3,(H,28,35)(H,30,33)/t20-/m1/s1. The van der Waals surface area contributed by atoms with Crippen LogP contribution in [0.25, 0.3) is 0 Å². The molecule has 2 heterocycles. The number of fused-ring (bicyclic) bond motifs is 1. The molecule has 1 aromatic carbocycles. The average Bonchev–Trinajstić information content (AvgIpc) is 3.23. The number of halogens is 1. The lowest BCUT2D eigenvalue weighted by Gasteiger charge is -2.25. The summed E-state index contributed by atoms with van der Waals surface area (Å²) in [5.74, 6) is 0.153. The lowest BCUT2D eigenvalue weighted by molar-refractivity contribution is -0.136. The van der Waals surface area contributed by atoms with E-state index in [1.807, 2.05) is 13.1 Å². The van der Waals surface area contributed by atoms with E-state index in [0.717, 1.165) is 5.69 Å². The van der Waals surface area contributed by atoms with Gasteiger partial charge in [-0.15, -0.1) is 0 Å². The highest BCUT2D eigenvalue weighted by molar-refractivity contribution is 6.31. The van der Waals surface area contributed by atoms with Crippen molar-refractivity contribution in [1.29, 1.82) is 0 Å². The maximum absolute atomic E-state index is 13.0. The van der Waals surface area contributed by atoms with E-state index in [9.17, 15) is 14.4 Å². The fourth-order valence-corrected chi connectivity index (χ4v) is 4.41. The number of ether oxygens (including phenoxy) is 1. The number of carbonyl (C=O) groups is 3. The SMILES string of the molecule is CC(C)C[C@@H]1COc2ccc(Cl)cc2C(=O)NCCCCN(C(=O)CCc2ccnn2C)CC(=O)N1. The van der Waals surface area contributed by atoms with Crippen LogP contribution in [0.15, 0.2) is 30.5 Å². The molecule has 196 valence electrons. The smallest absolute Gasteiger partial charge is 0.255 e. The summed E-state index contributed by atoms with van der Waals surface area (Å²) in [6.45, 7) is 5.18. The zero-order chi connectivity index (χ0) is 26.1. The Bertz CT molecular complexity index is 1050. The molecule has 0 saturated carbocycles. The Morgan fingerprint density at radius 1 is 1.25 bits per heavy atom. The Morgan fingerprint density at radius 2 is 2.06 bits per heavy atom. The van der Waals surface area contributed by atoms with Gasteiger partial charge in [-0.05, 0) is 55.9 Å². The summed E-state index contributed by atoms with van der Waals surface area (Å²) >= 11 is 6.13. The van der Waals surface area contributed by atoms with Crippen LogP contribution in [-0.4, -0.2) is 64.7 Å². The number of nitrogens with one attached hydrogen (secondary N) is 2. The van der Waals surface area contributed by atoms with Gasteiger partial charge in [0, 0.05) is 43.5 Å². The molecule has 9 nitrogen and oxygen atoms in total. The second-order valence-corrected chi connectivity index (χ2v) is 10.0. The lowest BCUT2D eigenvalue weighted by Crippen LogP contribution is -2.46. The lowest BCUT2D eigenvalue weighted by atomic mass is 10.0. The summed E-state index contributed by atoms with van der Waals surface area (Å²) in [7, 11) is 1.84. The second-order valence-electron chi connectivity index (χ2n) is 9.57. The number of hydrogen-bond donors (Lipinski definition) is 2. The summed E-state index contributed by atoms with van der Waals surface area (Å²) in [4.78, 5) is 40.5. The summed E-state index contributed by atoms with van der Waals surface area (Å²) in [5.41, 5.74) is 1.32. The monoisotopic (exact) mass is 517 g/mol. The predicted molar refractivity (Wildman–Crippen MR) is 138 cm³/mol. The molecule has 1 aliphatic rings. The van der Waals surface area contributed by atoms with Crippen LogP contribution in [0.2, 0.25) is 5.02 Å². The van der Waals surface area contributed by atoms with E-state index in [4.69, 9.17) is 16.3 Å². The molecule has 1 atom stereocenters. The Kier molecular flexibility index (Phi) is 10.2. The van der Waals surface area contributed by atoms with Gasteiger partial charge in [0.05, 0.1) is 18.2 Å². The number of carbonyl (C=O) groups excluding carboxylic acids is 3. The highest BCUT2D eigenvalue weighted by atomic mass is 35.5. The first-order valence-corrected chi connectivity index (χ1v) is 12.8. The number of aryl methyl sites for hydroxylation is 2. The van der Waals surface area contributed by atoms with Gasteiger partial charge in [-0.1, -0.05) is 25.4 Å². The van der Waals surface area contributed by atoms with Gasteiger partial charge in [0.1, 0.15) is 12.4 Å². The van der Waals surface area contributed by atoms with Gasteiger partial charge in [-0.25, -0.2) is 0 Å². The topological polar surface area (TPSA) is 106 Å². The molecule has 10 heteroatoms. The van der Waals surface area contributed by atoms with Crippen LogP contribution in [0.5, 0.6) is 5.75 Å². The summed E-state index contributed by atoms with van der Waals surface area (Å²) in [5, 5.41) is 10.5. The predicted octanol–water partition coefficient (Wildman–Crippen LogP) is 2.97. The van der Waals surface area contributed by atoms with Crippen molar-refractivity contribution in [3.05, 3.63) is 46.7 Å². The van der Waals surface area contributed by atoms with Gasteiger partial charge < -0.3 is 20.3 Å². The minimum Gasteiger partial charge on any atom is -0.491 e. The van der Waals surface area contributed by atoms with Crippen LogP contribution in [0.1, 0.15) is 55.6 Å². The van der Waals surface area contributed by atoms with Gasteiger partial charge >= 0.3 is 0 Å². The highest BCUT2D eigenvalue weighted by Crippen LogP contribution is 2.24. The molecule has 0 bridgehead atoms. The van der Waals surface area contributed by atoms with E-state index in [1.54, 1.807) is 34.0 Å². The van der Waals surface area contributed by atoms with Crippen LogP contribution in [0.3, 0.4) is 0 Å². The second kappa shape index (κ2) is 13.3. The number of benzene rings is 1. The van der Waals surface area contributed by atoms with Crippen LogP contribution >= 0.6 is 11.6 Å². The van der Waals surface area contributed by atoms with Gasteiger partial charge in [0.15, 0.2) is 0 Å². The van der Waals surface area contributed by atoms with Gasteiger partial charge in [-0.3, -0.25) is 19.1 Å². The molecule has 1 aliphatic heterocycles. The van der Waals surface area contributed by atoms with Gasteiger partial charge in [-0.2, -0.15) is 5.10 Å². The van der Waals surface area contributed by atoms with E-state index in [0.29, 0.717) is 61.0 Å². The number of rotatable bonds is 5. The van der Waals surface area contributed by atoms with Crippen LogP contribution in [-0.2, 0) is 23.1 Å². The minimum absolute atomic E-state index is 0.0165. The van der Waals surface area contributed by atoms with Crippen molar-refractivity contribution < 1.29 is 19.1 Å². The summed E-state index contributed by atoms with van der Waals surface area (Å²) in [6.07, 6.45) is 4.54. The Balaban J connectivity index is 1.74. The molecule has 0 fully saturated rings. The molecule has 36 heavy (non-hydrogen) atoms. The van der Waals surface area contributed by atoms with Crippen molar-refractivity contribution >= 4 is 29.3 Å². The Labute approximate surface area is 217 Å². The van der Waals surface area contributed by atoms with E-state index in [-0.39, 0.29) is 43.3 Å². The molecular formula is C26H36ClN5O4. The fraction of sp³-hybridized carbons (Fsp3) is 0.538. The molecule has 0 aliphatic carbocycles. The van der Waals surface area contributed by atoms with E-state index in [2.05, 4.69) is 29.6 Å². The first-order valence-electron chi connectivity index (χ1n) is 12.5. The molecule has 0 spiro atoms. The first kappa shape index (κ1) is 27.5. The average molecular weight is 518 g/mol. The van der Waals surface area contributed by atoms with Crippen molar-refractivity contribution in [3.63, 3.8) is 0 Å². The molecule has 1 aromatic heterocycles. The quantitative estimate of drug-likeness (QED) is 0.634. The van der Waals surface area contributed by atoms with E-state index < -0.39 is 0 Å².